The van der Waals surface area contributed by atoms with Gasteiger partial charge in [0.05, 0.1) is 23.7 Å². The highest BCUT2D eigenvalue weighted by Crippen LogP contribution is 2.43. The van der Waals surface area contributed by atoms with Crippen LogP contribution in [0.3, 0.4) is 0 Å². The number of rotatable bonds is 15. The molecule has 6 amide bonds. The Labute approximate surface area is 368 Å². The molecule has 4 aromatic rings. The van der Waals surface area contributed by atoms with Crippen molar-refractivity contribution in [1.82, 2.24) is 31.1 Å². The minimum Gasteiger partial charge on any atom is -0.356 e. The summed E-state index contributed by atoms with van der Waals surface area (Å²) in [6.07, 6.45) is 4.20. The molecule has 2 heterocycles. The number of hydrogen-bond donors (Lipinski definition) is 4. The van der Waals surface area contributed by atoms with Gasteiger partial charge in [0.15, 0.2) is 0 Å². The Morgan fingerprint density at radius 3 is 1.10 bits per heavy atom. The van der Waals surface area contributed by atoms with Crippen LogP contribution in [0.2, 0.25) is 0 Å². The van der Waals surface area contributed by atoms with E-state index in [2.05, 4.69) is 57.7 Å². The van der Waals surface area contributed by atoms with Crippen LogP contribution in [-0.2, 0) is 19.2 Å². The third-order valence-corrected chi connectivity index (χ3v) is 13.8. The lowest BCUT2D eigenvalue weighted by Crippen LogP contribution is -2.43. The minimum absolute atomic E-state index is 0.0149. The van der Waals surface area contributed by atoms with Crippen LogP contribution in [0.1, 0.15) is 94.2 Å². The fourth-order valence-corrected chi connectivity index (χ4v) is 9.78. The molecule has 5 aliphatic rings. The zero-order valence-electron chi connectivity index (χ0n) is 35.7. The summed E-state index contributed by atoms with van der Waals surface area (Å²) in [6, 6.07) is 36.4. The van der Waals surface area contributed by atoms with Gasteiger partial charge in [-0.1, -0.05) is 104 Å². The van der Waals surface area contributed by atoms with Gasteiger partial charge in [-0.3, -0.25) is 28.8 Å². The summed E-state index contributed by atoms with van der Waals surface area (Å²) in [5, 5.41) is 12.5. The van der Waals surface area contributed by atoms with E-state index in [-0.39, 0.29) is 97.5 Å². The van der Waals surface area contributed by atoms with E-state index in [1.54, 1.807) is 34.1 Å². The largest absolute Gasteiger partial charge is 0.356 e. The van der Waals surface area contributed by atoms with Crippen LogP contribution in [0.4, 0.5) is 0 Å². The lowest BCUT2D eigenvalue weighted by Gasteiger charge is -2.18. The molecule has 2 aliphatic heterocycles. The van der Waals surface area contributed by atoms with Gasteiger partial charge in [0.2, 0.25) is 23.6 Å². The van der Waals surface area contributed by atoms with Crippen LogP contribution in [0.25, 0.3) is 0 Å². The number of carbonyl (C=O) groups excluding carboxylic acids is 6. The molecule has 9 rings (SSSR count). The first-order valence-corrected chi connectivity index (χ1v) is 22.7. The lowest BCUT2D eigenvalue weighted by molar-refractivity contribution is -0.133. The molecule has 12 nitrogen and oxygen atoms in total. The van der Waals surface area contributed by atoms with E-state index in [0.29, 0.717) is 17.7 Å². The standard InChI is InChI=1S/C51H56N6O6/c1-2-3-23-52-46(58)39-27-56(28-40(39)47(59)53-43-24-36(43)31-13-7-4-8-14-31)50(62)34-19-21-35(22-20-34)51(63)57-29-41(48(60)54-44-25-37(44)32-15-9-5-10-16-32)42(30-57)49(61)55-45-26-38(45)33-17-11-6-12-18-33/h4-22,36-45H,2-3,23-30H2,1H3,(H,52,58)(H,53,59)(H,54,60)(H,55,61)/t36-,37-,38+,39-,40-,41-,42-,43+,44+,45-/m1/s1. The molecule has 0 spiro atoms. The van der Waals surface area contributed by atoms with Gasteiger partial charge in [-0.2, -0.15) is 0 Å². The molecule has 3 aliphatic carbocycles. The zero-order chi connectivity index (χ0) is 43.6. The molecule has 0 radical (unpaired) electrons. The van der Waals surface area contributed by atoms with Gasteiger partial charge in [-0.15, -0.1) is 0 Å². The number of amides is 6. The molecule has 63 heavy (non-hydrogen) atoms. The summed E-state index contributed by atoms with van der Waals surface area (Å²) in [5.74, 6) is -3.77. The number of nitrogens with one attached hydrogen (secondary N) is 4. The van der Waals surface area contributed by atoms with Gasteiger partial charge in [0.25, 0.3) is 11.8 Å². The third kappa shape index (κ3) is 9.40. The van der Waals surface area contributed by atoms with Crippen molar-refractivity contribution in [3.05, 3.63) is 143 Å². The smallest absolute Gasteiger partial charge is 0.253 e. The Hall–Kier alpha value is -6.30. The van der Waals surface area contributed by atoms with Crippen molar-refractivity contribution in [2.45, 2.75) is 74.9 Å². The van der Waals surface area contributed by atoms with Crippen LogP contribution >= 0.6 is 0 Å². The first-order chi connectivity index (χ1) is 30.7. The second kappa shape index (κ2) is 18.2. The lowest BCUT2D eigenvalue weighted by atomic mass is 9.94. The Bertz CT molecular complexity index is 2250. The second-order valence-corrected chi connectivity index (χ2v) is 18.2. The van der Waals surface area contributed by atoms with Crippen LogP contribution in [0.5, 0.6) is 0 Å². The SMILES string of the molecule is CCCCNC(=O)[C@@H]1CN(C(=O)c2ccc(C(=O)N3C[C@@H](C(=O)N[C@H]4C[C@@H]4c4ccccc4)[C@H](C(=O)N[C@@H]4C[C@H]4c4ccccc4)C3)cc2)C[C@H]1C(=O)N[C@H]1C[C@@H]1c1ccccc1. The molecule has 326 valence electrons. The molecule has 10 atom stereocenters. The van der Waals surface area contributed by atoms with Crippen LogP contribution in [0, 0.1) is 23.7 Å². The average Bonchev–Trinajstić information content (AvgIpc) is 4.28. The third-order valence-electron chi connectivity index (χ3n) is 13.8. The number of benzene rings is 4. The monoisotopic (exact) mass is 848 g/mol. The van der Waals surface area contributed by atoms with Gasteiger partial charge in [-0.05, 0) is 66.6 Å². The number of hydrogen-bond acceptors (Lipinski definition) is 6. The van der Waals surface area contributed by atoms with E-state index in [1.807, 2.05) is 61.5 Å². The maximum Gasteiger partial charge on any atom is 0.253 e. The number of likely N-dealkylation sites (tertiary alicyclic amines) is 2. The fraction of sp³-hybridized carbons (Fsp3) is 0.412. The van der Waals surface area contributed by atoms with Crippen LogP contribution in [-0.4, -0.2) is 96.1 Å². The first kappa shape index (κ1) is 42.0. The molecule has 12 heteroatoms. The van der Waals surface area contributed by atoms with E-state index in [1.165, 1.54) is 5.56 Å². The molecular formula is C51H56N6O6. The Morgan fingerprint density at radius 1 is 0.460 bits per heavy atom. The number of nitrogens with zero attached hydrogens (tertiary/aromatic N) is 2. The first-order valence-electron chi connectivity index (χ1n) is 22.7. The summed E-state index contributed by atoms with van der Waals surface area (Å²) < 4.78 is 0. The van der Waals surface area contributed by atoms with Crippen LogP contribution < -0.4 is 21.3 Å². The van der Waals surface area contributed by atoms with Gasteiger partial charge < -0.3 is 31.1 Å². The minimum atomic E-state index is -0.725. The van der Waals surface area contributed by atoms with E-state index >= 15 is 0 Å². The zero-order valence-corrected chi connectivity index (χ0v) is 35.7. The normalized spacial score (nSPS) is 27.8. The Kier molecular flexibility index (Phi) is 12.1. The molecular weight excluding hydrogens is 793 g/mol. The molecule has 0 unspecified atom stereocenters. The van der Waals surface area contributed by atoms with E-state index in [4.69, 9.17) is 0 Å². The quantitative estimate of drug-likeness (QED) is 0.124. The topological polar surface area (TPSA) is 157 Å². The van der Waals surface area contributed by atoms with Crippen molar-refractivity contribution in [3.8, 4) is 0 Å². The molecule has 5 fully saturated rings. The predicted octanol–water partition coefficient (Wildman–Crippen LogP) is 5.00. The van der Waals surface area contributed by atoms with E-state index < -0.39 is 23.7 Å². The molecule has 4 aromatic carbocycles. The fourth-order valence-electron chi connectivity index (χ4n) is 9.78. The highest BCUT2D eigenvalue weighted by Gasteiger charge is 2.50. The number of unbranched alkanes of at least 4 members (excludes halogenated alkanes) is 1. The summed E-state index contributed by atoms with van der Waals surface area (Å²) in [7, 11) is 0. The maximum absolute atomic E-state index is 14.1. The van der Waals surface area contributed by atoms with Crippen molar-refractivity contribution in [1.29, 1.82) is 0 Å². The van der Waals surface area contributed by atoms with Crippen molar-refractivity contribution < 1.29 is 28.8 Å². The molecule has 0 aromatic heterocycles. The molecule has 2 saturated heterocycles. The molecule has 4 N–H and O–H groups in total. The van der Waals surface area contributed by atoms with Crippen molar-refractivity contribution in [3.63, 3.8) is 0 Å². The van der Waals surface area contributed by atoms with Gasteiger partial charge in [-0.25, -0.2) is 0 Å². The highest BCUT2D eigenvalue weighted by atomic mass is 16.2. The van der Waals surface area contributed by atoms with Gasteiger partial charge in [0.1, 0.15) is 0 Å². The van der Waals surface area contributed by atoms with E-state index in [0.717, 1.165) is 43.2 Å². The van der Waals surface area contributed by atoms with Crippen molar-refractivity contribution in [2.75, 3.05) is 32.7 Å². The Morgan fingerprint density at radius 2 is 0.778 bits per heavy atom. The second-order valence-electron chi connectivity index (χ2n) is 18.2. The number of carbonyl (C=O) groups is 6. The average molecular weight is 849 g/mol. The Balaban J connectivity index is 0.853. The van der Waals surface area contributed by atoms with Crippen molar-refractivity contribution in [2.24, 2.45) is 23.7 Å². The maximum atomic E-state index is 14.1. The van der Waals surface area contributed by atoms with Gasteiger partial charge in [0, 0.05) is 79.7 Å². The van der Waals surface area contributed by atoms with Crippen LogP contribution in [0.15, 0.2) is 115 Å². The van der Waals surface area contributed by atoms with E-state index in [9.17, 15) is 28.8 Å². The summed E-state index contributed by atoms with van der Waals surface area (Å²) in [5.41, 5.74) is 4.15. The molecule has 3 saturated carbocycles. The predicted molar refractivity (Wildman–Crippen MR) is 237 cm³/mol. The van der Waals surface area contributed by atoms with Gasteiger partial charge >= 0.3 is 0 Å². The summed E-state index contributed by atoms with van der Waals surface area (Å²) >= 11 is 0. The van der Waals surface area contributed by atoms with Crippen molar-refractivity contribution >= 4 is 35.4 Å². The summed E-state index contributed by atoms with van der Waals surface area (Å²) in [4.78, 5) is 86.2. The highest BCUT2D eigenvalue weighted by molar-refractivity contribution is 6.00. The molecule has 0 bridgehead atoms. The summed E-state index contributed by atoms with van der Waals surface area (Å²) in [6.45, 7) is 2.92.